The Hall–Kier alpha value is -3.47. The van der Waals surface area contributed by atoms with Crippen LogP contribution in [0.3, 0.4) is 0 Å². The van der Waals surface area contributed by atoms with E-state index in [0.717, 1.165) is 25.1 Å². The third-order valence-electron chi connectivity index (χ3n) is 7.34. The summed E-state index contributed by atoms with van der Waals surface area (Å²) in [5, 5.41) is 5.20. The maximum Gasteiger partial charge on any atom is 0.410 e. The van der Waals surface area contributed by atoms with Crippen LogP contribution < -0.4 is 10.6 Å². The van der Waals surface area contributed by atoms with Crippen molar-refractivity contribution in [1.29, 1.82) is 0 Å². The van der Waals surface area contributed by atoms with Crippen LogP contribution in [0.1, 0.15) is 62.4 Å². The number of imide groups is 1. The van der Waals surface area contributed by atoms with Crippen molar-refractivity contribution < 1.29 is 28.7 Å². The van der Waals surface area contributed by atoms with Gasteiger partial charge in [-0.1, -0.05) is 0 Å². The Morgan fingerprint density at radius 1 is 1.14 bits per heavy atom. The van der Waals surface area contributed by atoms with Crippen molar-refractivity contribution in [1.82, 2.24) is 20.0 Å². The number of carbonyl (C=O) groups is 5. The number of ether oxygens (including phenoxy) is 1. The van der Waals surface area contributed by atoms with E-state index in [4.69, 9.17) is 4.74 Å². The van der Waals surface area contributed by atoms with Crippen molar-refractivity contribution in [2.24, 2.45) is 0 Å². The molecule has 11 nitrogen and oxygen atoms in total. The van der Waals surface area contributed by atoms with E-state index in [-0.39, 0.29) is 48.9 Å². The lowest BCUT2D eigenvalue weighted by Crippen LogP contribution is -2.70. The Balaban J connectivity index is 1.11. The number of nitrogens with one attached hydrogen (secondary N) is 2. The topological polar surface area (TPSA) is 128 Å². The lowest BCUT2D eigenvalue weighted by Gasteiger charge is -2.55. The molecule has 6 rings (SSSR count). The van der Waals surface area contributed by atoms with E-state index in [9.17, 15) is 24.0 Å². The van der Waals surface area contributed by atoms with Gasteiger partial charge in [0.05, 0.1) is 12.1 Å². The van der Waals surface area contributed by atoms with Crippen LogP contribution in [0.15, 0.2) is 18.2 Å². The van der Waals surface area contributed by atoms with Crippen LogP contribution in [0.5, 0.6) is 0 Å². The highest BCUT2D eigenvalue weighted by molar-refractivity contribution is 6.05. The second kappa shape index (κ2) is 9.44. The molecule has 3 atom stereocenters. The minimum absolute atomic E-state index is 0.123. The molecule has 37 heavy (non-hydrogen) atoms. The fraction of sp³-hybridized carbons (Fsp3) is 0.577. The fourth-order valence-corrected chi connectivity index (χ4v) is 5.63. The molecule has 0 aliphatic carbocycles. The van der Waals surface area contributed by atoms with Gasteiger partial charge in [0.1, 0.15) is 11.6 Å². The van der Waals surface area contributed by atoms with Crippen LogP contribution in [0.25, 0.3) is 0 Å². The maximum atomic E-state index is 12.8. The van der Waals surface area contributed by atoms with Gasteiger partial charge in [0, 0.05) is 50.3 Å². The van der Waals surface area contributed by atoms with E-state index < -0.39 is 17.6 Å². The number of benzene rings is 1. The predicted molar refractivity (Wildman–Crippen MR) is 132 cm³/mol. The van der Waals surface area contributed by atoms with E-state index in [2.05, 4.69) is 15.5 Å². The summed E-state index contributed by atoms with van der Waals surface area (Å²) in [5.74, 6) is -1.14. The average Bonchev–Trinajstić information content (AvgIpc) is 3.12. The summed E-state index contributed by atoms with van der Waals surface area (Å²) in [5.41, 5.74) is 1.32. The summed E-state index contributed by atoms with van der Waals surface area (Å²) in [6, 6.07) is 4.71. The lowest BCUT2D eigenvalue weighted by molar-refractivity contribution is -0.137. The van der Waals surface area contributed by atoms with Crippen molar-refractivity contribution in [3.63, 3.8) is 0 Å². The smallest absolute Gasteiger partial charge is 0.410 e. The first-order valence-electron chi connectivity index (χ1n) is 12.8. The number of piperazine rings is 1. The number of rotatable bonds is 5. The van der Waals surface area contributed by atoms with Crippen LogP contribution in [0.2, 0.25) is 0 Å². The highest BCUT2D eigenvalue weighted by Gasteiger charge is 2.48. The normalized spacial score (nSPS) is 25.4. The zero-order valence-corrected chi connectivity index (χ0v) is 21.4. The number of hydrogen-bond acceptors (Lipinski definition) is 7. The first kappa shape index (κ1) is 25.2. The zero-order chi connectivity index (χ0) is 26.5. The molecular formula is C26H33N5O6. The van der Waals surface area contributed by atoms with Gasteiger partial charge in [-0.25, -0.2) is 4.79 Å². The second-order valence-electron chi connectivity index (χ2n) is 11.3. The molecule has 5 amide bonds. The van der Waals surface area contributed by atoms with E-state index in [1.807, 2.05) is 25.7 Å². The SMILES string of the molecule is CC(C)(C)OC(=O)N1C2CC1CN(CCC(=O)Nc1ccc3c(c1)CN(C1CCC(=O)NC1=O)C3=O)C2. The molecule has 0 spiro atoms. The highest BCUT2D eigenvalue weighted by atomic mass is 16.6. The molecule has 1 aromatic carbocycles. The summed E-state index contributed by atoms with van der Waals surface area (Å²) in [6.07, 6.45) is 1.52. The van der Waals surface area contributed by atoms with Crippen LogP contribution >= 0.6 is 0 Å². The molecule has 0 radical (unpaired) electrons. The monoisotopic (exact) mass is 511 g/mol. The van der Waals surface area contributed by atoms with Gasteiger partial charge in [0.25, 0.3) is 5.91 Å². The number of anilines is 1. The Labute approximate surface area is 215 Å². The number of carbonyl (C=O) groups excluding carboxylic acids is 5. The zero-order valence-electron chi connectivity index (χ0n) is 21.4. The molecule has 1 aromatic rings. The number of fused-ring (bicyclic) bond motifs is 3. The average molecular weight is 512 g/mol. The second-order valence-corrected chi connectivity index (χ2v) is 11.3. The van der Waals surface area contributed by atoms with Gasteiger partial charge in [-0.05, 0) is 57.4 Å². The van der Waals surface area contributed by atoms with E-state index in [1.54, 1.807) is 18.2 Å². The largest absolute Gasteiger partial charge is 0.444 e. The lowest BCUT2D eigenvalue weighted by atomic mass is 9.88. The van der Waals surface area contributed by atoms with Crippen LogP contribution in [-0.4, -0.2) is 87.8 Å². The third kappa shape index (κ3) is 5.18. The highest BCUT2D eigenvalue weighted by Crippen LogP contribution is 2.34. The van der Waals surface area contributed by atoms with E-state index in [0.29, 0.717) is 30.6 Å². The molecule has 5 aliphatic rings. The van der Waals surface area contributed by atoms with Crippen LogP contribution in [-0.2, 0) is 25.7 Å². The van der Waals surface area contributed by atoms with E-state index in [1.165, 1.54) is 4.90 Å². The van der Waals surface area contributed by atoms with Gasteiger partial charge in [0.15, 0.2) is 0 Å². The van der Waals surface area contributed by atoms with Gasteiger partial charge < -0.3 is 15.0 Å². The van der Waals surface area contributed by atoms with Crippen molar-refractivity contribution in [2.75, 3.05) is 25.0 Å². The number of nitrogens with zero attached hydrogens (tertiary/aromatic N) is 3. The Kier molecular flexibility index (Phi) is 6.43. The van der Waals surface area contributed by atoms with Crippen molar-refractivity contribution in [3.8, 4) is 0 Å². The summed E-state index contributed by atoms with van der Waals surface area (Å²) in [4.78, 5) is 67.1. The number of hydrogen-bond donors (Lipinski definition) is 2. The molecule has 4 fully saturated rings. The van der Waals surface area contributed by atoms with Gasteiger partial charge in [-0.2, -0.15) is 0 Å². The van der Waals surface area contributed by atoms with Crippen molar-refractivity contribution in [2.45, 2.75) is 76.7 Å². The number of amides is 5. The predicted octanol–water partition coefficient (Wildman–Crippen LogP) is 1.47. The molecule has 198 valence electrons. The minimum Gasteiger partial charge on any atom is -0.444 e. The molecule has 3 unspecified atom stereocenters. The Bertz CT molecular complexity index is 1150. The van der Waals surface area contributed by atoms with E-state index >= 15 is 0 Å². The first-order chi connectivity index (χ1) is 17.5. The summed E-state index contributed by atoms with van der Waals surface area (Å²) >= 11 is 0. The van der Waals surface area contributed by atoms with Gasteiger partial charge in [0.2, 0.25) is 17.7 Å². The van der Waals surface area contributed by atoms with Crippen molar-refractivity contribution in [3.05, 3.63) is 29.3 Å². The molecule has 4 saturated heterocycles. The number of piperidine rings is 2. The molecule has 2 bridgehead atoms. The molecule has 0 aromatic heterocycles. The summed E-state index contributed by atoms with van der Waals surface area (Å²) in [7, 11) is 0. The Morgan fingerprint density at radius 3 is 2.54 bits per heavy atom. The maximum absolute atomic E-state index is 12.8. The van der Waals surface area contributed by atoms with Gasteiger partial charge >= 0.3 is 6.09 Å². The first-order valence-corrected chi connectivity index (χ1v) is 12.8. The molecule has 11 heteroatoms. The summed E-state index contributed by atoms with van der Waals surface area (Å²) < 4.78 is 5.51. The van der Waals surface area contributed by atoms with Crippen LogP contribution in [0.4, 0.5) is 10.5 Å². The molecule has 5 aliphatic heterocycles. The standard InChI is InChI=1S/C26H33N5O6/c1-26(2,3)37-25(36)31-17-11-18(31)14-29(13-17)9-8-22(33)27-16-4-5-19-15(10-16)12-30(24(19)35)20-6-7-21(32)28-23(20)34/h4-5,10,17-18,20H,6-9,11-14H2,1-3H3,(H,27,33)(H,28,32,34). The van der Waals surface area contributed by atoms with Crippen molar-refractivity contribution >= 4 is 35.4 Å². The minimum atomic E-state index is -0.669. The molecule has 2 N–H and O–H groups in total. The molecule has 5 heterocycles. The molecular weight excluding hydrogens is 478 g/mol. The Morgan fingerprint density at radius 2 is 1.86 bits per heavy atom. The third-order valence-corrected chi connectivity index (χ3v) is 7.34. The van der Waals surface area contributed by atoms with Gasteiger partial charge in [-0.3, -0.25) is 34.3 Å². The quantitative estimate of drug-likeness (QED) is 0.573. The van der Waals surface area contributed by atoms with Crippen LogP contribution in [0, 0.1) is 0 Å². The fourth-order valence-electron chi connectivity index (χ4n) is 5.63. The summed E-state index contributed by atoms with van der Waals surface area (Å²) in [6.45, 7) is 7.87. The van der Waals surface area contributed by atoms with Gasteiger partial charge in [-0.15, -0.1) is 0 Å². The molecule has 0 saturated carbocycles.